The van der Waals surface area contributed by atoms with Crippen molar-refractivity contribution in [1.82, 2.24) is 5.32 Å². The van der Waals surface area contributed by atoms with E-state index in [1.54, 1.807) is 7.11 Å². The van der Waals surface area contributed by atoms with Gasteiger partial charge in [0.05, 0.1) is 6.61 Å². The number of nitrogens with zero attached hydrogens (tertiary/aromatic N) is 1. The third-order valence-electron chi connectivity index (χ3n) is 0.888. The number of rotatable bonds is 5. The molecule has 0 saturated carbocycles. The molecule has 2 heteroatoms. The largest absolute Gasteiger partial charge is 0.381 e. The van der Waals surface area contributed by atoms with Gasteiger partial charge in [0.15, 0.2) is 0 Å². The Morgan fingerprint density at radius 3 is 2.78 bits per heavy atom. The molecule has 0 aromatic rings. The maximum Gasteiger partial charge on any atom is 0.0644 e. The molecular formula is C7H14NO. The van der Waals surface area contributed by atoms with E-state index < -0.39 is 0 Å². The van der Waals surface area contributed by atoms with Crippen molar-refractivity contribution in [3.05, 3.63) is 12.2 Å². The standard InChI is InChI=1S/C7H14NO/c1-3-8-6-4-5-7-9-2/h4-5H,3,6-7H2,1-2H3/b5-4+. The highest BCUT2D eigenvalue weighted by atomic mass is 16.5. The molecule has 0 aliphatic rings. The van der Waals surface area contributed by atoms with Crippen LogP contribution in [0.2, 0.25) is 0 Å². The lowest BCUT2D eigenvalue weighted by molar-refractivity contribution is 0.233. The molecule has 0 aromatic carbocycles. The lowest BCUT2D eigenvalue weighted by atomic mass is 10.5. The van der Waals surface area contributed by atoms with Gasteiger partial charge in [-0.25, -0.2) is 5.32 Å². The van der Waals surface area contributed by atoms with E-state index in [0.29, 0.717) is 6.61 Å². The quantitative estimate of drug-likeness (QED) is 0.397. The molecule has 0 bridgehead atoms. The third kappa shape index (κ3) is 7.66. The number of likely N-dealkylation sites (N-methyl/N-ethyl adjacent to an activating group) is 1. The normalized spacial score (nSPS) is 10.9. The topological polar surface area (TPSA) is 23.3 Å². The van der Waals surface area contributed by atoms with Crippen molar-refractivity contribution in [2.45, 2.75) is 6.92 Å². The fraction of sp³-hybridized carbons (Fsp3) is 0.714. The van der Waals surface area contributed by atoms with Crippen LogP contribution in [0.25, 0.3) is 0 Å². The fourth-order valence-electron chi connectivity index (χ4n) is 0.442. The molecule has 0 heterocycles. The zero-order valence-electron chi connectivity index (χ0n) is 6.13. The van der Waals surface area contributed by atoms with Gasteiger partial charge >= 0.3 is 0 Å². The maximum atomic E-state index is 4.79. The summed E-state index contributed by atoms with van der Waals surface area (Å²) in [5, 5.41) is 4.10. The maximum absolute atomic E-state index is 4.79. The second-order valence-electron chi connectivity index (χ2n) is 1.65. The first-order valence-corrected chi connectivity index (χ1v) is 3.19. The molecule has 0 unspecified atom stereocenters. The Balaban J connectivity index is 2.86. The molecule has 0 aliphatic carbocycles. The van der Waals surface area contributed by atoms with Crippen LogP contribution < -0.4 is 5.32 Å². The summed E-state index contributed by atoms with van der Waals surface area (Å²) in [7, 11) is 1.68. The highest BCUT2D eigenvalue weighted by Crippen LogP contribution is 1.72. The smallest absolute Gasteiger partial charge is 0.0644 e. The van der Waals surface area contributed by atoms with E-state index in [0.717, 1.165) is 13.1 Å². The van der Waals surface area contributed by atoms with Crippen molar-refractivity contribution >= 4 is 0 Å². The van der Waals surface area contributed by atoms with Crippen LogP contribution in [-0.2, 0) is 4.74 Å². The summed E-state index contributed by atoms with van der Waals surface area (Å²) in [6, 6.07) is 0. The zero-order valence-corrected chi connectivity index (χ0v) is 6.13. The summed E-state index contributed by atoms with van der Waals surface area (Å²) < 4.78 is 4.79. The molecule has 0 fully saturated rings. The predicted octanol–water partition coefficient (Wildman–Crippen LogP) is 0.813. The molecule has 9 heavy (non-hydrogen) atoms. The van der Waals surface area contributed by atoms with Gasteiger partial charge in [-0.1, -0.05) is 19.1 Å². The third-order valence-corrected chi connectivity index (χ3v) is 0.888. The van der Waals surface area contributed by atoms with E-state index in [2.05, 4.69) is 5.32 Å². The van der Waals surface area contributed by atoms with Crippen molar-refractivity contribution in [2.24, 2.45) is 0 Å². The lowest BCUT2D eigenvalue weighted by Gasteiger charge is -1.89. The Bertz CT molecular complexity index is 71.3. The van der Waals surface area contributed by atoms with Crippen LogP contribution in [0.1, 0.15) is 6.92 Å². The molecule has 53 valence electrons. The zero-order chi connectivity index (χ0) is 6.95. The minimum atomic E-state index is 0.694. The summed E-state index contributed by atoms with van der Waals surface area (Å²) in [4.78, 5) is 0. The van der Waals surface area contributed by atoms with Crippen LogP contribution in [0.5, 0.6) is 0 Å². The van der Waals surface area contributed by atoms with E-state index in [1.165, 1.54) is 0 Å². The van der Waals surface area contributed by atoms with Crippen molar-refractivity contribution < 1.29 is 4.74 Å². The summed E-state index contributed by atoms with van der Waals surface area (Å²) >= 11 is 0. The van der Waals surface area contributed by atoms with Crippen LogP contribution in [-0.4, -0.2) is 26.8 Å². The Kier molecular flexibility index (Phi) is 7.37. The van der Waals surface area contributed by atoms with Crippen LogP contribution in [0.4, 0.5) is 0 Å². The Hall–Kier alpha value is -0.340. The van der Waals surface area contributed by atoms with Gasteiger partial charge in [0, 0.05) is 20.2 Å². The molecule has 0 rings (SSSR count). The summed E-state index contributed by atoms with van der Waals surface area (Å²) in [6.07, 6.45) is 3.98. The molecule has 0 amide bonds. The van der Waals surface area contributed by atoms with E-state index in [4.69, 9.17) is 4.74 Å². The first kappa shape index (κ1) is 8.66. The average molecular weight is 128 g/mol. The molecule has 0 atom stereocenters. The van der Waals surface area contributed by atoms with Gasteiger partial charge < -0.3 is 4.74 Å². The highest BCUT2D eigenvalue weighted by molar-refractivity contribution is 4.82. The molecule has 1 radical (unpaired) electrons. The summed E-state index contributed by atoms with van der Waals surface area (Å²) in [5.74, 6) is 0. The van der Waals surface area contributed by atoms with E-state index >= 15 is 0 Å². The van der Waals surface area contributed by atoms with Crippen molar-refractivity contribution in [3.8, 4) is 0 Å². The Morgan fingerprint density at radius 1 is 1.44 bits per heavy atom. The second kappa shape index (κ2) is 7.66. The highest BCUT2D eigenvalue weighted by Gasteiger charge is 1.75. The minimum absolute atomic E-state index is 0.694. The van der Waals surface area contributed by atoms with Crippen molar-refractivity contribution in [2.75, 3.05) is 26.8 Å². The number of hydrogen-bond acceptors (Lipinski definition) is 1. The van der Waals surface area contributed by atoms with Crippen molar-refractivity contribution in [3.63, 3.8) is 0 Å². The van der Waals surface area contributed by atoms with E-state index in [1.807, 2.05) is 19.1 Å². The Labute approximate surface area is 56.9 Å². The predicted molar refractivity (Wildman–Crippen MR) is 38.6 cm³/mol. The first-order valence-electron chi connectivity index (χ1n) is 3.19. The van der Waals surface area contributed by atoms with E-state index in [9.17, 15) is 0 Å². The van der Waals surface area contributed by atoms with Gasteiger partial charge in [-0.3, -0.25) is 0 Å². The molecule has 2 nitrogen and oxygen atoms in total. The number of ether oxygens (including phenoxy) is 1. The van der Waals surface area contributed by atoms with Crippen LogP contribution in [0, 0.1) is 0 Å². The fourth-order valence-corrected chi connectivity index (χ4v) is 0.442. The first-order chi connectivity index (χ1) is 4.41. The minimum Gasteiger partial charge on any atom is -0.381 e. The molecule has 0 aliphatic heterocycles. The van der Waals surface area contributed by atoms with Gasteiger partial charge in [0.25, 0.3) is 0 Å². The van der Waals surface area contributed by atoms with Crippen LogP contribution >= 0.6 is 0 Å². The second-order valence-corrected chi connectivity index (χ2v) is 1.65. The summed E-state index contributed by atoms with van der Waals surface area (Å²) in [6.45, 7) is 4.45. The molecule has 0 spiro atoms. The molecule has 0 aromatic heterocycles. The van der Waals surface area contributed by atoms with Crippen LogP contribution in [0.3, 0.4) is 0 Å². The number of hydrogen-bond donors (Lipinski definition) is 0. The lowest BCUT2D eigenvalue weighted by Crippen LogP contribution is -2.02. The van der Waals surface area contributed by atoms with Gasteiger partial charge in [0.2, 0.25) is 0 Å². The van der Waals surface area contributed by atoms with Crippen LogP contribution in [0.15, 0.2) is 12.2 Å². The van der Waals surface area contributed by atoms with Gasteiger partial charge in [-0.05, 0) is 0 Å². The van der Waals surface area contributed by atoms with E-state index in [-0.39, 0.29) is 0 Å². The molecule has 0 saturated heterocycles. The van der Waals surface area contributed by atoms with Crippen molar-refractivity contribution in [1.29, 1.82) is 0 Å². The monoisotopic (exact) mass is 128 g/mol. The Morgan fingerprint density at radius 2 is 2.22 bits per heavy atom. The van der Waals surface area contributed by atoms with Gasteiger partial charge in [-0.2, -0.15) is 0 Å². The number of methoxy groups -OCH3 is 1. The molecular weight excluding hydrogens is 114 g/mol. The molecule has 0 N–H and O–H groups in total. The average Bonchev–Trinajstić information content (AvgIpc) is 1.89. The van der Waals surface area contributed by atoms with Gasteiger partial charge in [-0.15, -0.1) is 0 Å². The van der Waals surface area contributed by atoms with Gasteiger partial charge in [0.1, 0.15) is 0 Å². The SMILES string of the molecule is CC[N]C/C=C/COC. The summed E-state index contributed by atoms with van der Waals surface area (Å²) in [5.41, 5.74) is 0.